The minimum Gasteiger partial charge on any atom is -0.320 e. The second-order valence-electron chi connectivity index (χ2n) is 6.47. The summed E-state index contributed by atoms with van der Waals surface area (Å²) >= 11 is 3.13. The van der Waals surface area contributed by atoms with Crippen molar-refractivity contribution in [3.05, 3.63) is 71.4 Å². The number of H-pyrrole nitrogens is 1. The fraction of sp³-hybridized carbons (Fsp3) is 0.0476. The largest absolute Gasteiger partial charge is 0.320 e. The first kappa shape index (κ1) is 17.7. The van der Waals surface area contributed by atoms with Crippen LogP contribution in [-0.2, 0) is 0 Å². The van der Waals surface area contributed by atoms with Crippen molar-refractivity contribution in [3.8, 4) is 21.1 Å². The number of carbonyl (C=O) groups is 1. The van der Waals surface area contributed by atoms with Gasteiger partial charge in [-0.15, -0.1) is 11.3 Å². The number of rotatable bonds is 4. The summed E-state index contributed by atoms with van der Waals surface area (Å²) in [6.45, 7) is 1.96. The Balaban J connectivity index is 1.42. The molecule has 1 amide bonds. The van der Waals surface area contributed by atoms with E-state index in [1.807, 2.05) is 54.8 Å². The monoisotopic (exact) mass is 417 g/mol. The number of fused-ring (bicyclic) bond motifs is 1. The van der Waals surface area contributed by atoms with Gasteiger partial charge >= 0.3 is 0 Å². The zero-order valence-corrected chi connectivity index (χ0v) is 17.0. The lowest BCUT2D eigenvalue weighted by Gasteiger charge is -2.08. The first-order valence-electron chi connectivity index (χ1n) is 8.90. The van der Waals surface area contributed by atoms with Crippen molar-refractivity contribution in [1.29, 1.82) is 0 Å². The summed E-state index contributed by atoms with van der Waals surface area (Å²) in [7, 11) is 0. The molecule has 1 aromatic carbocycles. The molecule has 8 heteroatoms. The summed E-state index contributed by atoms with van der Waals surface area (Å²) in [5.41, 5.74) is 4.70. The second kappa shape index (κ2) is 7.23. The Kier molecular flexibility index (Phi) is 4.42. The predicted octanol–water partition coefficient (Wildman–Crippen LogP) is 5.37. The van der Waals surface area contributed by atoms with Gasteiger partial charge in [0.25, 0.3) is 5.91 Å². The van der Waals surface area contributed by atoms with Crippen LogP contribution in [0.4, 0.5) is 5.69 Å². The van der Waals surface area contributed by atoms with Crippen LogP contribution in [0.3, 0.4) is 0 Å². The van der Waals surface area contributed by atoms with Crippen LogP contribution in [-0.4, -0.2) is 26.1 Å². The minimum atomic E-state index is -0.254. The molecule has 6 nitrogen and oxygen atoms in total. The molecule has 5 aromatic rings. The van der Waals surface area contributed by atoms with Crippen LogP contribution in [0, 0.1) is 6.92 Å². The fourth-order valence-corrected chi connectivity index (χ4v) is 4.56. The van der Waals surface area contributed by atoms with E-state index in [9.17, 15) is 4.79 Å². The van der Waals surface area contributed by atoms with Crippen LogP contribution in [0.5, 0.6) is 0 Å². The molecule has 0 fully saturated rings. The van der Waals surface area contributed by atoms with Gasteiger partial charge in [-0.05, 0) is 48.2 Å². The molecule has 0 aliphatic rings. The molecule has 4 heterocycles. The molecule has 142 valence electrons. The fourth-order valence-electron chi connectivity index (χ4n) is 2.97. The van der Waals surface area contributed by atoms with Crippen molar-refractivity contribution < 1.29 is 4.79 Å². The lowest BCUT2D eigenvalue weighted by molar-refractivity contribution is 0.102. The molecule has 0 saturated carbocycles. The summed E-state index contributed by atoms with van der Waals surface area (Å²) < 4.78 is 0. The molecule has 0 aliphatic carbocycles. The molecule has 0 aliphatic heterocycles. The van der Waals surface area contributed by atoms with Gasteiger partial charge in [-0.1, -0.05) is 29.5 Å². The zero-order valence-electron chi connectivity index (χ0n) is 15.3. The van der Waals surface area contributed by atoms with Gasteiger partial charge in [0.1, 0.15) is 15.4 Å². The van der Waals surface area contributed by atoms with Crippen molar-refractivity contribution in [3.63, 3.8) is 0 Å². The van der Waals surface area contributed by atoms with Gasteiger partial charge in [0, 0.05) is 17.4 Å². The number of hydrogen-bond acceptors (Lipinski definition) is 6. The zero-order chi connectivity index (χ0) is 19.8. The number of aromatic nitrogens is 4. The highest BCUT2D eigenvalue weighted by Gasteiger charge is 2.15. The number of thiazole rings is 1. The van der Waals surface area contributed by atoms with Gasteiger partial charge in [0.15, 0.2) is 5.69 Å². The summed E-state index contributed by atoms with van der Waals surface area (Å²) in [4.78, 5) is 23.7. The molecule has 0 unspecified atom stereocenters. The van der Waals surface area contributed by atoms with Gasteiger partial charge in [-0.25, -0.2) is 9.97 Å². The predicted molar refractivity (Wildman–Crippen MR) is 117 cm³/mol. The quantitative estimate of drug-likeness (QED) is 0.412. The molecule has 5 rings (SSSR count). The topological polar surface area (TPSA) is 83.6 Å². The van der Waals surface area contributed by atoms with Crippen LogP contribution < -0.4 is 5.32 Å². The number of carbonyl (C=O) groups excluding carboxylic acids is 1. The molecule has 0 atom stereocenters. The summed E-state index contributed by atoms with van der Waals surface area (Å²) in [6, 6.07) is 15.5. The standard InChI is InChI=1S/C21H15N5OS2/c1-12-6-7-13(20-24-14-4-2-8-22-21(14)29-20)10-15(12)23-19(27)17-11-16(25-26-17)18-5-3-9-28-18/h2-11H,1H3,(H,23,27)(H,25,26). The average Bonchev–Trinajstić information content (AvgIpc) is 3.48. The van der Waals surface area contributed by atoms with E-state index in [1.54, 1.807) is 23.6 Å². The highest BCUT2D eigenvalue weighted by Crippen LogP contribution is 2.31. The van der Waals surface area contributed by atoms with Crippen LogP contribution in [0.1, 0.15) is 16.1 Å². The number of anilines is 1. The Morgan fingerprint density at radius 3 is 2.90 bits per heavy atom. The summed E-state index contributed by atoms with van der Waals surface area (Å²) in [5, 5.41) is 12.9. The number of amides is 1. The molecule has 29 heavy (non-hydrogen) atoms. The SMILES string of the molecule is Cc1ccc(-c2nc3cccnc3s2)cc1NC(=O)c1cc(-c2cccs2)[nH]n1. The van der Waals surface area contributed by atoms with E-state index in [2.05, 4.69) is 25.5 Å². The smallest absolute Gasteiger partial charge is 0.276 e. The Morgan fingerprint density at radius 2 is 2.07 bits per heavy atom. The van der Waals surface area contributed by atoms with Gasteiger partial charge in [0.2, 0.25) is 0 Å². The third kappa shape index (κ3) is 3.43. The van der Waals surface area contributed by atoms with Crippen LogP contribution in [0.25, 0.3) is 31.5 Å². The van der Waals surface area contributed by atoms with E-state index >= 15 is 0 Å². The first-order valence-corrected chi connectivity index (χ1v) is 10.6. The van der Waals surface area contributed by atoms with Gasteiger partial charge in [-0.3, -0.25) is 9.89 Å². The first-order chi connectivity index (χ1) is 14.2. The molecular formula is C21H15N5OS2. The number of nitrogens with zero attached hydrogens (tertiary/aromatic N) is 3. The Morgan fingerprint density at radius 1 is 1.14 bits per heavy atom. The molecular weight excluding hydrogens is 402 g/mol. The van der Waals surface area contributed by atoms with Gasteiger partial charge in [0.05, 0.1) is 10.6 Å². The number of thiophene rings is 1. The Hall–Kier alpha value is -3.36. The molecule has 0 saturated heterocycles. The number of hydrogen-bond donors (Lipinski definition) is 2. The maximum absolute atomic E-state index is 12.7. The van der Waals surface area contributed by atoms with Crippen molar-refractivity contribution in [1.82, 2.24) is 20.2 Å². The normalized spacial score (nSPS) is 11.1. The number of aryl methyl sites for hydroxylation is 1. The van der Waals surface area contributed by atoms with E-state index in [1.165, 1.54) is 11.3 Å². The highest BCUT2D eigenvalue weighted by molar-refractivity contribution is 7.21. The number of pyridine rings is 1. The van der Waals surface area contributed by atoms with Gasteiger partial charge in [-0.2, -0.15) is 5.10 Å². The van der Waals surface area contributed by atoms with E-state index < -0.39 is 0 Å². The van der Waals surface area contributed by atoms with Crippen LogP contribution in [0.15, 0.2) is 60.1 Å². The number of aromatic amines is 1. The molecule has 0 spiro atoms. The Bertz CT molecular complexity index is 1290. The van der Waals surface area contributed by atoms with Crippen LogP contribution in [0.2, 0.25) is 0 Å². The summed E-state index contributed by atoms with van der Waals surface area (Å²) in [6.07, 6.45) is 1.76. The molecule has 0 radical (unpaired) electrons. The third-order valence-electron chi connectivity index (χ3n) is 4.50. The maximum atomic E-state index is 12.7. The lowest BCUT2D eigenvalue weighted by atomic mass is 10.1. The van der Waals surface area contributed by atoms with E-state index in [-0.39, 0.29) is 5.91 Å². The third-order valence-corrected chi connectivity index (χ3v) is 6.43. The van der Waals surface area contributed by atoms with E-state index in [4.69, 9.17) is 0 Å². The van der Waals surface area contributed by atoms with Crippen molar-refractivity contribution in [2.75, 3.05) is 5.32 Å². The highest BCUT2D eigenvalue weighted by atomic mass is 32.1. The Labute approximate surface area is 174 Å². The molecule has 0 bridgehead atoms. The van der Waals surface area contributed by atoms with E-state index in [0.29, 0.717) is 5.69 Å². The summed E-state index contributed by atoms with van der Waals surface area (Å²) in [5.74, 6) is -0.254. The average molecular weight is 418 g/mol. The van der Waals surface area contributed by atoms with Crippen molar-refractivity contribution in [2.45, 2.75) is 6.92 Å². The molecule has 2 N–H and O–H groups in total. The number of nitrogens with one attached hydrogen (secondary N) is 2. The van der Waals surface area contributed by atoms with Crippen LogP contribution >= 0.6 is 22.7 Å². The minimum absolute atomic E-state index is 0.254. The van der Waals surface area contributed by atoms with Gasteiger partial charge < -0.3 is 5.32 Å². The maximum Gasteiger partial charge on any atom is 0.276 e. The lowest BCUT2D eigenvalue weighted by Crippen LogP contribution is -2.13. The van der Waals surface area contributed by atoms with Crippen molar-refractivity contribution in [2.24, 2.45) is 0 Å². The number of benzene rings is 1. The second-order valence-corrected chi connectivity index (χ2v) is 8.40. The molecule has 4 aromatic heterocycles. The van der Waals surface area contributed by atoms with Crippen molar-refractivity contribution >= 4 is 44.6 Å². The van der Waals surface area contributed by atoms with E-state index in [0.717, 1.165) is 42.7 Å².